The normalized spacial score (nSPS) is 13.0. The maximum absolute atomic E-state index is 13.6. The molecule has 0 spiro atoms. The van der Waals surface area contributed by atoms with E-state index in [9.17, 15) is 35.2 Å². The van der Waals surface area contributed by atoms with Gasteiger partial charge in [0.25, 0.3) is 10.0 Å². The van der Waals surface area contributed by atoms with Gasteiger partial charge in [0.05, 0.1) is 23.5 Å². The third-order valence-corrected chi connectivity index (χ3v) is 6.46. The molecule has 14 heteroatoms. The molecule has 0 fully saturated rings. The Kier molecular flexibility index (Phi) is 7.23. The van der Waals surface area contributed by atoms with Crippen LogP contribution in [-0.2, 0) is 27.5 Å². The summed E-state index contributed by atoms with van der Waals surface area (Å²) < 4.78 is 97.4. The Balaban J connectivity index is 1.42. The SMILES string of the molecule is O=C(NCc1cc(-c2ccc(C(F)(F)F)cn2)ccn1)C(CF)NS(=O)(=O)c1cc2cc(F)ccc2o1. The number of benzene rings is 1. The van der Waals surface area contributed by atoms with E-state index in [2.05, 4.69) is 15.3 Å². The van der Waals surface area contributed by atoms with Crippen molar-refractivity contribution in [2.45, 2.75) is 23.9 Å². The van der Waals surface area contributed by atoms with Gasteiger partial charge in [-0.1, -0.05) is 0 Å². The zero-order valence-corrected chi connectivity index (χ0v) is 19.4. The number of carbonyl (C=O) groups excluding carboxylic acids is 1. The number of amides is 1. The van der Waals surface area contributed by atoms with Crippen molar-refractivity contribution in [2.24, 2.45) is 0 Å². The highest BCUT2D eigenvalue weighted by Crippen LogP contribution is 2.29. The van der Waals surface area contributed by atoms with Gasteiger partial charge in [-0.2, -0.15) is 17.9 Å². The molecule has 194 valence electrons. The highest BCUT2D eigenvalue weighted by Gasteiger charge is 2.31. The van der Waals surface area contributed by atoms with Gasteiger partial charge in [0.15, 0.2) is 0 Å². The van der Waals surface area contributed by atoms with E-state index in [4.69, 9.17) is 4.42 Å². The number of nitrogens with zero attached hydrogens (tertiary/aromatic N) is 2. The molecule has 0 aliphatic rings. The molecule has 3 aromatic heterocycles. The minimum Gasteiger partial charge on any atom is -0.443 e. The predicted molar refractivity (Wildman–Crippen MR) is 121 cm³/mol. The van der Waals surface area contributed by atoms with Crippen molar-refractivity contribution in [3.8, 4) is 11.3 Å². The molecule has 4 aromatic rings. The molecule has 8 nitrogen and oxygen atoms in total. The minimum atomic E-state index is -4.53. The van der Waals surface area contributed by atoms with Crippen molar-refractivity contribution in [3.05, 3.63) is 78.0 Å². The summed E-state index contributed by atoms with van der Waals surface area (Å²) in [5.41, 5.74) is 0.0660. The van der Waals surface area contributed by atoms with E-state index in [1.807, 2.05) is 4.72 Å². The zero-order valence-electron chi connectivity index (χ0n) is 18.6. The van der Waals surface area contributed by atoms with Crippen LogP contribution < -0.4 is 10.0 Å². The average Bonchev–Trinajstić information content (AvgIpc) is 3.30. The number of fused-ring (bicyclic) bond motifs is 1. The number of nitrogens with one attached hydrogen (secondary N) is 2. The van der Waals surface area contributed by atoms with E-state index in [1.54, 1.807) is 0 Å². The molecule has 2 N–H and O–H groups in total. The summed E-state index contributed by atoms with van der Waals surface area (Å²) in [4.78, 5) is 20.3. The van der Waals surface area contributed by atoms with E-state index in [1.165, 1.54) is 30.5 Å². The lowest BCUT2D eigenvalue weighted by Crippen LogP contribution is -2.47. The fourth-order valence-electron chi connectivity index (χ4n) is 3.29. The minimum absolute atomic E-state index is 0.0801. The van der Waals surface area contributed by atoms with Crippen molar-refractivity contribution in [1.82, 2.24) is 20.0 Å². The second kappa shape index (κ2) is 10.2. The number of rotatable bonds is 8. The number of hydrogen-bond donors (Lipinski definition) is 2. The maximum Gasteiger partial charge on any atom is 0.417 e. The Morgan fingerprint density at radius 1 is 1.05 bits per heavy atom. The number of pyridine rings is 2. The fraction of sp³-hybridized carbons (Fsp3) is 0.174. The first kappa shape index (κ1) is 26.2. The Morgan fingerprint density at radius 2 is 1.84 bits per heavy atom. The Labute approximate surface area is 206 Å². The number of halogens is 5. The maximum atomic E-state index is 13.6. The molecule has 37 heavy (non-hydrogen) atoms. The van der Waals surface area contributed by atoms with Gasteiger partial charge < -0.3 is 9.73 Å². The van der Waals surface area contributed by atoms with E-state index >= 15 is 0 Å². The third-order valence-electron chi connectivity index (χ3n) is 5.14. The second-order valence-electron chi connectivity index (χ2n) is 7.76. The van der Waals surface area contributed by atoms with Crippen LogP contribution in [0.2, 0.25) is 0 Å². The van der Waals surface area contributed by atoms with Crippen molar-refractivity contribution < 1.29 is 39.6 Å². The summed E-state index contributed by atoms with van der Waals surface area (Å²) in [5, 5.41) is 1.88. The number of furan rings is 1. The molecule has 1 amide bonds. The topological polar surface area (TPSA) is 114 Å². The molecule has 1 aromatic carbocycles. The van der Waals surface area contributed by atoms with Gasteiger partial charge in [0, 0.05) is 29.4 Å². The number of carbonyl (C=O) groups is 1. The molecule has 0 saturated carbocycles. The first-order valence-corrected chi connectivity index (χ1v) is 12.0. The molecule has 0 saturated heterocycles. The van der Waals surface area contributed by atoms with Crippen LogP contribution in [0.1, 0.15) is 11.3 Å². The molecule has 1 unspecified atom stereocenters. The molecule has 0 aliphatic carbocycles. The summed E-state index contributed by atoms with van der Waals surface area (Å²) in [6.07, 6.45) is -2.50. The van der Waals surface area contributed by atoms with Crippen molar-refractivity contribution >= 4 is 26.9 Å². The van der Waals surface area contributed by atoms with Crippen LogP contribution in [0.3, 0.4) is 0 Å². The molecule has 4 rings (SSSR count). The van der Waals surface area contributed by atoms with Gasteiger partial charge in [-0.25, -0.2) is 17.2 Å². The molecular weight excluding hydrogens is 523 g/mol. The smallest absolute Gasteiger partial charge is 0.417 e. The van der Waals surface area contributed by atoms with E-state index in [0.29, 0.717) is 11.8 Å². The molecule has 0 aliphatic heterocycles. The van der Waals surface area contributed by atoms with Crippen molar-refractivity contribution in [2.75, 3.05) is 6.67 Å². The average molecular weight is 540 g/mol. The van der Waals surface area contributed by atoms with Crippen LogP contribution in [0.15, 0.2) is 70.4 Å². The van der Waals surface area contributed by atoms with Crippen molar-refractivity contribution in [1.29, 1.82) is 0 Å². The third kappa shape index (κ3) is 6.09. The monoisotopic (exact) mass is 540 g/mol. The van der Waals surface area contributed by atoms with Crippen molar-refractivity contribution in [3.63, 3.8) is 0 Å². The fourth-order valence-corrected chi connectivity index (χ4v) is 4.43. The van der Waals surface area contributed by atoms with Gasteiger partial charge >= 0.3 is 6.18 Å². The predicted octanol–water partition coefficient (Wildman–Crippen LogP) is 3.98. The largest absolute Gasteiger partial charge is 0.443 e. The number of sulfonamides is 1. The van der Waals surface area contributed by atoms with Gasteiger partial charge in [-0.15, -0.1) is 0 Å². The summed E-state index contributed by atoms with van der Waals surface area (Å²) in [6, 6.07) is 7.60. The highest BCUT2D eigenvalue weighted by atomic mass is 32.2. The summed E-state index contributed by atoms with van der Waals surface area (Å²) in [5.74, 6) is -1.62. The highest BCUT2D eigenvalue weighted by molar-refractivity contribution is 7.89. The van der Waals surface area contributed by atoms with E-state index in [0.717, 1.165) is 24.3 Å². The molecule has 0 bridgehead atoms. The van der Waals surface area contributed by atoms with Crippen LogP contribution in [0.5, 0.6) is 0 Å². The van der Waals surface area contributed by atoms with Crippen LogP contribution >= 0.6 is 0 Å². The lowest BCUT2D eigenvalue weighted by molar-refractivity contribution is -0.137. The van der Waals surface area contributed by atoms with E-state index < -0.39 is 51.3 Å². The molecule has 3 heterocycles. The number of alkyl halides is 4. The van der Waals surface area contributed by atoms with Crippen LogP contribution in [0.25, 0.3) is 22.2 Å². The van der Waals surface area contributed by atoms with Gasteiger partial charge in [0.2, 0.25) is 11.0 Å². The lowest BCUT2D eigenvalue weighted by atomic mass is 10.1. The van der Waals surface area contributed by atoms with Crippen LogP contribution in [0.4, 0.5) is 22.0 Å². The summed E-state index contributed by atoms with van der Waals surface area (Å²) >= 11 is 0. The van der Waals surface area contributed by atoms with Gasteiger partial charge in [0.1, 0.15) is 24.1 Å². The summed E-state index contributed by atoms with van der Waals surface area (Å²) in [6.45, 7) is -1.63. The molecule has 1 atom stereocenters. The molecular formula is C23H17F5N4O4S. The first-order chi connectivity index (χ1) is 17.5. The Morgan fingerprint density at radius 3 is 2.51 bits per heavy atom. The zero-order chi connectivity index (χ0) is 26.8. The lowest BCUT2D eigenvalue weighted by Gasteiger charge is -2.14. The van der Waals surface area contributed by atoms with E-state index in [-0.39, 0.29) is 28.9 Å². The number of aromatic nitrogens is 2. The molecule has 0 radical (unpaired) electrons. The second-order valence-corrected chi connectivity index (χ2v) is 9.40. The standard InChI is InChI=1S/C23H17F5N4O4S/c24-10-19(32-37(34,35)21-9-14-7-16(25)2-4-20(14)36-21)22(33)31-12-17-8-13(5-6-29-17)18-3-1-15(11-30-18)23(26,27)28/h1-9,11,19,32H,10,12H2,(H,31,33). The Hall–Kier alpha value is -3.91. The Bertz CT molecular complexity index is 1540. The van der Waals surface area contributed by atoms with Gasteiger partial charge in [-0.05, 0) is 42.5 Å². The quantitative estimate of drug-likeness (QED) is 0.327. The van der Waals surface area contributed by atoms with Gasteiger partial charge in [-0.3, -0.25) is 14.8 Å². The van der Waals surface area contributed by atoms with Crippen LogP contribution in [0, 0.1) is 5.82 Å². The van der Waals surface area contributed by atoms with Crippen LogP contribution in [-0.4, -0.2) is 37.0 Å². The number of hydrogen-bond acceptors (Lipinski definition) is 6. The first-order valence-electron chi connectivity index (χ1n) is 10.5. The summed E-state index contributed by atoms with van der Waals surface area (Å²) in [7, 11) is -4.48.